The third-order valence-electron chi connectivity index (χ3n) is 4.11. The maximum absolute atomic E-state index is 12.8. The van der Waals surface area contributed by atoms with Gasteiger partial charge in [0.05, 0.1) is 25.2 Å². The first-order chi connectivity index (χ1) is 13.5. The monoisotopic (exact) mass is 413 g/mol. The minimum atomic E-state index is -0.0713. The van der Waals surface area contributed by atoms with Crippen molar-refractivity contribution in [1.29, 1.82) is 0 Å². The highest BCUT2D eigenvalue weighted by Crippen LogP contribution is 2.35. The fourth-order valence-electron chi connectivity index (χ4n) is 2.70. The molecule has 0 saturated carbocycles. The normalized spacial score (nSPS) is 15.6. The number of nitrogens with zero attached hydrogens (tertiary/aromatic N) is 1. The molecule has 6 heteroatoms. The van der Waals surface area contributed by atoms with Crippen molar-refractivity contribution in [3.8, 4) is 11.5 Å². The summed E-state index contributed by atoms with van der Waals surface area (Å²) >= 11 is 6.75. The van der Waals surface area contributed by atoms with Crippen molar-refractivity contribution in [2.45, 2.75) is 20.4 Å². The van der Waals surface area contributed by atoms with Gasteiger partial charge in [-0.25, -0.2) is 0 Å². The number of thiocarbonyl (C=S) groups is 1. The molecule has 0 unspecified atom stereocenters. The number of ether oxygens (including phenoxy) is 2. The van der Waals surface area contributed by atoms with E-state index in [1.165, 1.54) is 11.8 Å². The number of thioether (sulfide) groups is 1. The summed E-state index contributed by atoms with van der Waals surface area (Å²) in [7, 11) is 1.61. The third-order valence-corrected chi connectivity index (χ3v) is 5.49. The number of rotatable bonds is 7. The molecule has 28 heavy (non-hydrogen) atoms. The number of amides is 1. The third kappa shape index (κ3) is 4.94. The van der Waals surface area contributed by atoms with Crippen LogP contribution in [0.4, 0.5) is 0 Å². The zero-order valence-electron chi connectivity index (χ0n) is 16.2. The Morgan fingerprint density at radius 1 is 1.14 bits per heavy atom. The predicted octanol–water partition coefficient (Wildman–Crippen LogP) is 5.13. The number of methoxy groups -OCH3 is 1. The molecule has 0 N–H and O–H groups in total. The Morgan fingerprint density at radius 3 is 2.57 bits per heavy atom. The molecule has 1 saturated heterocycles. The Labute approximate surface area is 175 Å². The number of hydrogen-bond donors (Lipinski definition) is 0. The van der Waals surface area contributed by atoms with Gasteiger partial charge in [0.15, 0.2) is 11.5 Å². The van der Waals surface area contributed by atoms with E-state index in [9.17, 15) is 4.79 Å². The van der Waals surface area contributed by atoms with Crippen LogP contribution in [0.25, 0.3) is 6.08 Å². The summed E-state index contributed by atoms with van der Waals surface area (Å²) in [4.78, 5) is 15.1. The van der Waals surface area contributed by atoms with Crippen LogP contribution in [0.15, 0.2) is 53.4 Å². The number of hydrogen-bond acceptors (Lipinski definition) is 5. The van der Waals surface area contributed by atoms with E-state index in [0.29, 0.717) is 39.8 Å². The van der Waals surface area contributed by atoms with Gasteiger partial charge >= 0.3 is 0 Å². The topological polar surface area (TPSA) is 38.8 Å². The fourth-order valence-corrected chi connectivity index (χ4v) is 3.96. The first-order valence-corrected chi connectivity index (χ1v) is 10.3. The van der Waals surface area contributed by atoms with Crippen LogP contribution in [-0.4, -0.2) is 28.8 Å². The van der Waals surface area contributed by atoms with Gasteiger partial charge in [-0.15, -0.1) is 0 Å². The van der Waals surface area contributed by atoms with Crippen LogP contribution in [0, 0.1) is 5.92 Å². The second-order valence-corrected chi connectivity index (χ2v) is 8.54. The second-order valence-electron chi connectivity index (χ2n) is 6.87. The molecule has 1 amide bonds. The molecule has 2 aromatic rings. The lowest BCUT2D eigenvalue weighted by Gasteiger charge is -2.14. The summed E-state index contributed by atoms with van der Waals surface area (Å²) in [6, 6.07) is 15.5. The highest BCUT2D eigenvalue weighted by atomic mass is 32.2. The largest absolute Gasteiger partial charge is 0.493 e. The minimum absolute atomic E-state index is 0.0713. The van der Waals surface area contributed by atoms with Crippen molar-refractivity contribution in [1.82, 2.24) is 4.90 Å². The highest BCUT2D eigenvalue weighted by Gasteiger charge is 2.32. The zero-order chi connectivity index (χ0) is 20.1. The van der Waals surface area contributed by atoms with Gasteiger partial charge in [0.1, 0.15) is 4.32 Å². The van der Waals surface area contributed by atoms with E-state index in [4.69, 9.17) is 21.7 Å². The summed E-state index contributed by atoms with van der Waals surface area (Å²) in [5.41, 5.74) is 1.92. The Hall–Kier alpha value is -2.31. The quantitative estimate of drug-likeness (QED) is 0.465. The van der Waals surface area contributed by atoms with Gasteiger partial charge in [-0.2, -0.15) is 0 Å². The van der Waals surface area contributed by atoms with E-state index in [-0.39, 0.29) is 5.91 Å². The van der Waals surface area contributed by atoms with Crippen LogP contribution in [0.5, 0.6) is 11.5 Å². The van der Waals surface area contributed by atoms with Gasteiger partial charge in [0.25, 0.3) is 5.91 Å². The van der Waals surface area contributed by atoms with Crippen molar-refractivity contribution in [2.24, 2.45) is 5.92 Å². The molecule has 0 aliphatic carbocycles. The molecule has 0 spiro atoms. The molecule has 3 rings (SSSR count). The Kier molecular flexibility index (Phi) is 6.75. The smallest absolute Gasteiger partial charge is 0.266 e. The average molecular weight is 414 g/mol. The molecular weight excluding hydrogens is 390 g/mol. The first-order valence-electron chi connectivity index (χ1n) is 9.08. The van der Waals surface area contributed by atoms with E-state index < -0.39 is 0 Å². The molecule has 1 aliphatic heterocycles. The van der Waals surface area contributed by atoms with Gasteiger partial charge in [0, 0.05) is 0 Å². The summed E-state index contributed by atoms with van der Waals surface area (Å²) in [5, 5.41) is 0. The van der Waals surface area contributed by atoms with Gasteiger partial charge in [-0.3, -0.25) is 9.69 Å². The van der Waals surface area contributed by atoms with Crippen LogP contribution >= 0.6 is 24.0 Å². The summed E-state index contributed by atoms with van der Waals surface area (Å²) in [6.07, 6.45) is 1.85. The fraction of sp³-hybridized carbons (Fsp3) is 0.273. The standard InChI is InChI=1S/C22H23NO3S2/c1-15(2)14-26-18-10-9-17(11-19(18)25-3)12-20-21(24)23(22(27)28-20)13-16-7-5-4-6-8-16/h4-12,15H,13-14H2,1-3H3/b20-12+. The van der Waals surface area contributed by atoms with E-state index in [1.807, 2.05) is 54.6 Å². The summed E-state index contributed by atoms with van der Waals surface area (Å²) in [5.74, 6) is 1.70. The summed E-state index contributed by atoms with van der Waals surface area (Å²) < 4.78 is 11.8. The highest BCUT2D eigenvalue weighted by molar-refractivity contribution is 8.26. The number of benzene rings is 2. The Morgan fingerprint density at radius 2 is 1.89 bits per heavy atom. The van der Waals surface area contributed by atoms with Crippen LogP contribution in [-0.2, 0) is 11.3 Å². The lowest BCUT2D eigenvalue weighted by molar-refractivity contribution is -0.122. The Balaban J connectivity index is 1.77. The van der Waals surface area contributed by atoms with Crippen molar-refractivity contribution < 1.29 is 14.3 Å². The molecule has 1 heterocycles. The number of carbonyl (C=O) groups excluding carboxylic acids is 1. The Bertz CT molecular complexity index is 894. The molecule has 4 nitrogen and oxygen atoms in total. The molecule has 0 bridgehead atoms. The van der Waals surface area contributed by atoms with Crippen molar-refractivity contribution in [2.75, 3.05) is 13.7 Å². The van der Waals surface area contributed by atoms with Crippen LogP contribution in [0.3, 0.4) is 0 Å². The van der Waals surface area contributed by atoms with Crippen molar-refractivity contribution in [3.63, 3.8) is 0 Å². The predicted molar refractivity (Wildman–Crippen MR) is 118 cm³/mol. The molecule has 1 aliphatic rings. The van der Waals surface area contributed by atoms with Gasteiger partial charge in [-0.05, 0) is 35.3 Å². The van der Waals surface area contributed by atoms with Crippen LogP contribution < -0.4 is 9.47 Å². The molecular formula is C22H23NO3S2. The van der Waals surface area contributed by atoms with Crippen molar-refractivity contribution >= 4 is 40.3 Å². The van der Waals surface area contributed by atoms with E-state index in [2.05, 4.69) is 13.8 Å². The van der Waals surface area contributed by atoms with E-state index in [0.717, 1.165) is 11.1 Å². The maximum atomic E-state index is 12.8. The maximum Gasteiger partial charge on any atom is 0.266 e. The van der Waals surface area contributed by atoms with Crippen LogP contribution in [0.2, 0.25) is 0 Å². The number of carbonyl (C=O) groups is 1. The molecule has 146 valence electrons. The lowest BCUT2D eigenvalue weighted by atomic mass is 10.1. The lowest BCUT2D eigenvalue weighted by Crippen LogP contribution is -2.27. The summed E-state index contributed by atoms with van der Waals surface area (Å²) in [6.45, 7) is 5.29. The zero-order valence-corrected chi connectivity index (χ0v) is 17.8. The van der Waals surface area contributed by atoms with Gasteiger partial charge < -0.3 is 9.47 Å². The van der Waals surface area contributed by atoms with E-state index in [1.54, 1.807) is 12.0 Å². The first kappa shape index (κ1) is 20.4. The van der Waals surface area contributed by atoms with Gasteiger partial charge in [-0.1, -0.05) is 74.2 Å². The SMILES string of the molecule is COc1cc(/C=C2/SC(=S)N(Cc3ccccc3)C2=O)ccc1OCC(C)C. The molecule has 1 fully saturated rings. The van der Waals surface area contributed by atoms with E-state index >= 15 is 0 Å². The minimum Gasteiger partial charge on any atom is -0.493 e. The molecule has 0 atom stereocenters. The molecule has 2 aromatic carbocycles. The van der Waals surface area contributed by atoms with Crippen LogP contribution in [0.1, 0.15) is 25.0 Å². The molecule has 0 aromatic heterocycles. The van der Waals surface area contributed by atoms with Gasteiger partial charge in [0.2, 0.25) is 0 Å². The molecule has 0 radical (unpaired) electrons. The average Bonchev–Trinajstić information content (AvgIpc) is 2.95. The van der Waals surface area contributed by atoms with Crippen molar-refractivity contribution in [3.05, 3.63) is 64.6 Å². The second kappa shape index (κ2) is 9.26.